The van der Waals surface area contributed by atoms with Crippen molar-refractivity contribution in [2.24, 2.45) is 5.41 Å². The fraction of sp³-hybridized carbons (Fsp3) is 0.571. The van der Waals surface area contributed by atoms with Crippen LogP contribution in [0.5, 0.6) is 0 Å². The zero-order valence-electron chi connectivity index (χ0n) is 9.98. The van der Waals surface area contributed by atoms with Crippen molar-refractivity contribution in [3.05, 3.63) is 33.8 Å². The standard InChI is InChI=1S/C14H17BrCl2/c1-2-14(7-3-4-8-14)13(15)10-5-6-11(16)12(17)9-10/h5-6,9,13H,2-4,7-8H2,1H3. The fourth-order valence-electron chi connectivity index (χ4n) is 2.89. The number of rotatable bonds is 3. The number of hydrogen-bond acceptors (Lipinski definition) is 0. The minimum absolute atomic E-state index is 0.386. The summed E-state index contributed by atoms with van der Waals surface area (Å²) in [6.45, 7) is 2.29. The van der Waals surface area contributed by atoms with Gasteiger partial charge in [0.15, 0.2) is 0 Å². The number of hydrogen-bond donors (Lipinski definition) is 0. The lowest BCUT2D eigenvalue weighted by molar-refractivity contribution is 0.279. The van der Waals surface area contributed by atoms with Crippen molar-refractivity contribution in [3.8, 4) is 0 Å². The summed E-state index contributed by atoms with van der Waals surface area (Å²) in [6, 6.07) is 5.98. The zero-order valence-corrected chi connectivity index (χ0v) is 13.1. The number of benzene rings is 1. The molecule has 1 unspecified atom stereocenters. The van der Waals surface area contributed by atoms with Crippen molar-refractivity contribution in [1.29, 1.82) is 0 Å². The highest BCUT2D eigenvalue weighted by molar-refractivity contribution is 9.09. The van der Waals surface area contributed by atoms with Crippen molar-refractivity contribution in [2.45, 2.75) is 43.9 Å². The van der Waals surface area contributed by atoms with Gasteiger partial charge in [0.05, 0.1) is 10.0 Å². The maximum Gasteiger partial charge on any atom is 0.0595 e. The average molecular weight is 336 g/mol. The SMILES string of the molecule is CCC1(C(Br)c2ccc(Cl)c(Cl)c2)CCCC1. The first-order valence-corrected chi connectivity index (χ1v) is 7.85. The van der Waals surface area contributed by atoms with Gasteiger partial charge in [0.2, 0.25) is 0 Å². The topological polar surface area (TPSA) is 0 Å². The first kappa shape index (κ1) is 13.7. The quantitative estimate of drug-likeness (QED) is 0.560. The highest BCUT2D eigenvalue weighted by Crippen LogP contribution is 2.54. The molecule has 1 fully saturated rings. The monoisotopic (exact) mass is 334 g/mol. The van der Waals surface area contributed by atoms with Crippen LogP contribution < -0.4 is 0 Å². The summed E-state index contributed by atoms with van der Waals surface area (Å²) in [6.07, 6.45) is 6.51. The molecule has 0 bridgehead atoms. The van der Waals surface area contributed by atoms with Gasteiger partial charge < -0.3 is 0 Å². The third kappa shape index (κ3) is 2.67. The van der Waals surface area contributed by atoms with Gasteiger partial charge in [0.1, 0.15) is 0 Å². The molecule has 0 aromatic heterocycles. The molecule has 0 nitrogen and oxygen atoms in total. The van der Waals surface area contributed by atoms with E-state index in [2.05, 4.69) is 28.9 Å². The van der Waals surface area contributed by atoms with Crippen molar-refractivity contribution in [3.63, 3.8) is 0 Å². The van der Waals surface area contributed by atoms with E-state index < -0.39 is 0 Å². The van der Waals surface area contributed by atoms with Crippen LogP contribution in [0.2, 0.25) is 10.0 Å². The van der Waals surface area contributed by atoms with Gasteiger partial charge in [-0.1, -0.05) is 65.0 Å². The predicted molar refractivity (Wildman–Crippen MR) is 79.3 cm³/mol. The van der Waals surface area contributed by atoms with Crippen molar-refractivity contribution >= 4 is 39.1 Å². The highest BCUT2D eigenvalue weighted by Gasteiger charge is 2.39. The molecule has 0 N–H and O–H groups in total. The smallest absolute Gasteiger partial charge is 0.0595 e. The highest BCUT2D eigenvalue weighted by atomic mass is 79.9. The summed E-state index contributed by atoms with van der Waals surface area (Å²) in [4.78, 5) is 0.386. The van der Waals surface area contributed by atoms with Crippen LogP contribution in [0, 0.1) is 5.41 Å². The summed E-state index contributed by atoms with van der Waals surface area (Å²) in [7, 11) is 0. The van der Waals surface area contributed by atoms with E-state index in [1.54, 1.807) is 0 Å². The van der Waals surface area contributed by atoms with E-state index in [1.165, 1.54) is 37.7 Å². The summed E-state index contributed by atoms with van der Waals surface area (Å²) < 4.78 is 0. The second kappa shape index (κ2) is 5.50. The van der Waals surface area contributed by atoms with Gasteiger partial charge in [-0.25, -0.2) is 0 Å². The zero-order chi connectivity index (χ0) is 12.5. The van der Waals surface area contributed by atoms with Crippen LogP contribution in [0.1, 0.15) is 49.4 Å². The van der Waals surface area contributed by atoms with E-state index in [0.717, 1.165) is 0 Å². The molecule has 17 heavy (non-hydrogen) atoms. The van der Waals surface area contributed by atoms with Gasteiger partial charge >= 0.3 is 0 Å². The number of halogens is 3. The largest absolute Gasteiger partial charge is 0.0833 e. The van der Waals surface area contributed by atoms with Crippen LogP contribution in [0.3, 0.4) is 0 Å². The van der Waals surface area contributed by atoms with E-state index >= 15 is 0 Å². The first-order chi connectivity index (χ1) is 8.09. The molecule has 94 valence electrons. The molecule has 1 aromatic carbocycles. The molecule has 1 aliphatic rings. The van der Waals surface area contributed by atoms with Crippen molar-refractivity contribution in [1.82, 2.24) is 0 Å². The lowest BCUT2D eigenvalue weighted by Crippen LogP contribution is -2.21. The molecule has 1 saturated carbocycles. The molecule has 2 rings (SSSR count). The molecule has 1 aliphatic carbocycles. The van der Waals surface area contributed by atoms with Crippen LogP contribution in [0.4, 0.5) is 0 Å². The summed E-state index contributed by atoms with van der Waals surface area (Å²) >= 11 is 16.0. The summed E-state index contributed by atoms with van der Waals surface area (Å²) in [5.74, 6) is 0. The Kier molecular flexibility index (Phi) is 4.44. The van der Waals surface area contributed by atoms with Crippen LogP contribution in [0.15, 0.2) is 18.2 Å². The molecular weight excluding hydrogens is 319 g/mol. The van der Waals surface area contributed by atoms with Gasteiger partial charge in [0, 0.05) is 4.83 Å². The molecular formula is C14H17BrCl2. The van der Waals surface area contributed by atoms with Crippen LogP contribution in [0.25, 0.3) is 0 Å². The van der Waals surface area contributed by atoms with Gasteiger partial charge in [-0.05, 0) is 42.4 Å². The minimum atomic E-state index is 0.386. The molecule has 0 saturated heterocycles. The second-order valence-electron chi connectivity index (χ2n) is 4.96. The maximum atomic E-state index is 6.10. The van der Waals surface area contributed by atoms with Gasteiger partial charge in [-0.2, -0.15) is 0 Å². The first-order valence-electron chi connectivity index (χ1n) is 6.18. The van der Waals surface area contributed by atoms with E-state index in [9.17, 15) is 0 Å². The van der Waals surface area contributed by atoms with Crippen LogP contribution in [-0.4, -0.2) is 0 Å². The lowest BCUT2D eigenvalue weighted by atomic mass is 9.78. The molecule has 3 heteroatoms. The molecule has 0 heterocycles. The number of alkyl halides is 1. The predicted octanol–water partition coefficient (Wildman–Crippen LogP) is 6.40. The Morgan fingerprint density at radius 3 is 2.41 bits per heavy atom. The van der Waals surface area contributed by atoms with Gasteiger partial charge in [-0.3, -0.25) is 0 Å². The molecule has 0 aliphatic heterocycles. The normalized spacial score (nSPS) is 20.5. The Labute approximate surface area is 122 Å². The Balaban J connectivity index is 2.29. The molecule has 0 spiro atoms. The van der Waals surface area contributed by atoms with Gasteiger partial charge in [0.25, 0.3) is 0 Å². The Hall–Kier alpha value is 0.280. The Bertz CT molecular complexity index is 397. The van der Waals surface area contributed by atoms with E-state index in [-0.39, 0.29) is 0 Å². The van der Waals surface area contributed by atoms with Crippen LogP contribution in [-0.2, 0) is 0 Å². The maximum absolute atomic E-state index is 6.10. The van der Waals surface area contributed by atoms with E-state index in [1.807, 2.05) is 12.1 Å². The van der Waals surface area contributed by atoms with Crippen LogP contribution >= 0.6 is 39.1 Å². The fourth-order valence-corrected chi connectivity index (χ4v) is 4.26. The molecule has 1 atom stereocenters. The Morgan fingerprint density at radius 2 is 1.88 bits per heavy atom. The Morgan fingerprint density at radius 1 is 1.24 bits per heavy atom. The van der Waals surface area contributed by atoms with E-state index in [4.69, 9.17) is 23.2 Å². The van der Waals surface area contributed by atoms with Crippen molar-refractivity contribution in [2.75, 3.05) is 0 Å². The molecule has 1 aromatic rings. The van der Waals surface area contributed by atoms with Crippen molar-refractivity contribution < 1.29 is 0 Å². The third-order valence-corrected chi connectivity index (χ3v) is 6.32. The summed E-state index contributed by atoms with van der Waals surface area (Å²) in [5, 5.41) is 1.28. The minimum Gasteiger partial charge on any atom is -0.0833 e. The molecule has 0 radical (unpaired) electrons. The lowest BCUT2D eigenvalue weighted by Gasteiger charge is -2.33. The second-order valence-corrected chi connectivity index (χ2v) is 6.69. The third-order valence-electron chi connectivity index (χ3n) is 4.08. The molecule has 0 amide bonds. The summed E-state index contributed by atoms with van der Waals surface area (Å²) in [5.41, 5.74) is 1.65. The van der Waals surface area contributed by atoms with E-state index in [0.29, 0.717) is 20.3 Å². The average Bonchev–Trinajstić information content (AvgIpc) is 2.81. The van der Waals surface area contributed by atoms with Gasteiger partial charge in [-0.15, -0.1) is 0 Å².